The summed E-state index contributed by atoms with van der Waals surface area (Å²) in [6, 6.07) is 0. The molecule has 5 fully saturated rings. The van der Waals surface area contributed by atoms with Gasteiger partial charge in [0.15, 0.2) is 0 Å². The van der Waals surface area contributed by atoms with Gasteiger partial charge in [-0.25, -0.2) is 8.78 Å². The summed E-state index contributed by atoms with van der Waals surface area (Å²) >= 11 is 11.8. The minimum absolute atomic E-state index is 0.00472. The van der Waals surface area contributed by atoms with E-state index in [1.165, 1.54) is 0 Å². The van der Waals surface area contributed by atoms with Crippen molar-refractivity contribution >= 4 is 35.0 Å². The van der Waals surface area contributed by atoms with E-state index in [4.69, 9.17) is 27.9 Å². The van der Waals surface area contributed by atoms with E-state index in [-0.39, 0.29) is 42.4 Å². The lowest BCUT2D eigenvalue weighted by molar-refractivity contribution is -0.185. The fourth-order valence-electron chi connectivity index (χ4n) is 5.65. The second kappa shape index (κ2) is 8.70. The van der Waals surface area contributed by atoms with Crippen LogP contribution in [0.3, 0.4) is 0 Å². The lowest BCUT2D eigenvalue weighted by Crippen LogP contribution is -2.78. The first-order valence-corrected chi connectivity index (χ1v) is 11.8. The highest BCUT2D eigenvalue weighted by Crippen LogP contribution is 2.67. The number of carbonyl (C=O) groups is 2. The molecule has 5 aliphatic rings. The van der Waals surface area contributed by atoms with Gasteiger partial charge >= 0.3 is 0 Å². The third-order valence-corrected chi connectivity index (χ3v) is 8.35. The van der Waals surface area contributed by atoms with E-state index < -0.39 is 28.5 Å². The highest BCUT2D eigenvalue weighted by Gasteiger charge is 2.72. The molecule has 0 aliphatic heterocycles. The first kappa shape index (κ1) is 22.5. The maximum atomic E-state index is 13.7. The normalized spacial score (nSPS) is 45.1. The van der Waals surface area contributed by atoms with Crippen molar-refractivity contribution in [3.05, 3.63) is 0 Å². The Kier molecular flexibility index (Phi) is 6.54. The summed E-state index contributed by atoms with van der Waals surface area (Å²) in [5.41, 5.74) is -0.706. The van der Waals surface area contributed by atoms with Crippen molar-refractivity contribution in [2.24, 2.45) is 11.3 Å². The summed E-state index contributed by atoms with van der Waals surface area (Å²) in [4.78, 5) is 24.8. The molecule has 170 valence electrons. The highest BCUT2D eigenvalue weighted by molar-refractivity contribution is 6.21. The molecule has 9 heteroatoms. The molecular weight excluding hydrogens is 437 g/mol. The molecule has 0 saturated heterocycles. The summed E-state index contributed by atoms with van der Waals surface area (Å²) in [6.07, 6.45) is 2.82. The molecule has 0 spiro atoms. The third-order valence-electron chi connectivity index (χ3n) is 7.36. The molecule has 2 amide bonds. The largest absolute Gasteiger partial charge is 0.368 e. The first-order chi connectivity index (χ1) is 14.2. The van der Waals surface area contributed by atoms with Crippen LogP contribution in [-0.2, 0) is 14.3 Å². The van der Waals surface area contributed by atoms with Crippen LogP contribution >= 0.6 is 23.2 Å². The van der Waals surface area contributed by atoms with Crippen LogP contribution in [0.1, 0.15) is 57.8 Å². The lowest BCUT2D eigenvalue weighted by atomic mass is 9.39. The Bertz CT molecular complexity index is 663. The Morgan fingerprint density at radius 1 is 0.967 bits per heavy atom. The van der Waals surface area contributed by atoms with Crippen LogP contribution in [0.15, 0.2) is 0 Å². The van der Waals surface area contributed by atoms with Crippen molar-refractivity contribution in [1.29, 1.82) is 0 Å². The van der Waals surface area contributed by atoms with E-state index in [1.54, 1.807) is 0 Å². The number of rotatable bonds is 7. The average Bonchev–Trinajstić information content (AvgIpc) is 2.65. The predicted octanol–water partition coefficient (Wildman–Crippen LogP) is 3.40. The Balaban J connectivity index is 1.13. The van der Waals surface area contributed by atoms with Gasteiger partial charge in [-0.1, -0.05) is 0 Å². The second-order valence-electron chi connectivity index (χ2n) is 9.84. The molecule has 6 unspecified atom stereocenters. The summed E-state index contributed by atoms with van der Waals surface area (Å²) < 4.78 is 33.0. The van der Waals surface area contributed by atoms with E-state index >= 15 is 0 Å². The highest BCUT2D eigenvalue weighted by atomic mass is 35.5. The van der Waals surface area contributed by atoms with Crippen LogP contribution < -0.4 is 10.6 Å². The van der Waals surface area contributed by atoms with Crippen LogP contribution in [0.2, 0.25) is 0 Å². The van der Waals surface area contributed by atoms with Gasteiger partial charge in [-0.2, -0.15) is 0 Å². The van der Waals surface area contributed by atoms with Crippen molar-refractivity contribution in [3.63, 3.8) is 0 Å². The van der Waals surface area contributed by atoms with Gasteiger partial charge in [0.1, 0.15) is 19.0 Å². The molecule has 0 heterocycles. The Morgan fingerprint density at radius 2 is 1.60 bits per heavy atom. The Hall–Kier alpha value is -0.660. The fourth-order valence-corrected chi connectivity index (χ4v) is 6.11. The number of carbonyl (C=O) groups excluding carboxylic acids is 2. The van der Waals surface area contributed by atoms with Crippen molar-refractivity contribution in [2.45, 2.75) is 92.5 Å². The van der Waals surface area contributed by atoms with Crippen molar-refractivity contribution in [2.75, 3.05) is 13.2 Å². The van der Waals surface area contributed by atoms with Crippen molar-refractivity contribution < 1.29 is 23.1 Å². The van der Waals surface area contributed by atoms with Crippen LogP contribution in [0.4, 0.5) is 8.78 Å². The standard InChI is InChI=1S/C21H30Cl2F2N2O3/c22-14-3-1-12(5-16(14)24)7-26-19(29)20-9-21(10-20,11-20)27-18(28)8-30-13-2-4-15(23)17(25)6-13/h12-17H,1-11H2,(H,26,29)(H,27,28). The van der Waals surface area contributed by atoms with Gasteiger partial charge in [-0.3, -0.25) is 9.59 Å². The van der Waals surface area contributed by atoms with Gasteiger partial charge in [0, 0.05) is 18.5 Å². The van der Waals surface area contributed by atoms with Crippen molar-refractivity contribution in [3.8, 4) is 0 Å². The minimum atomic E-state index is -1.09. The molecular formula is C21H30Cl2F2N2O3. The van der Waals surface area contributed by atoms with Crippen LogP contribution in [0.5, 0.6) is 0 Å². The number of amides is 2. The molecule has 5 rings (SSSR count). The molecule has 30 heavy (non-hydrogen) atoms. The summed E-state index contributed by atoms with van der Waals surface area (Å²) in [7, 11) is 0. The Labute approximate surface area is 185 Å². The summed E-state index contributed by atoms with van der Waals surface area (Å²) in [6.45, 7) is 0.386. The van der Waals surface area contributed by atoms with Gasteiger partial charge in [0.05, 0.1) is 22.3 Å². The number of hydrogen-bond acceptors (Lipinski definition) is 3. The topological polar surface area (TPSA) is 67.4 Å². The summed E-state index contributed by atoms with van der Waals surface area (Å²) in [5, 5.41) is 5.10. The zero-order chi connectivity index (χ0) is 21.5. The number of ether oxygens (including phenoxy) is 1. The fraction of sp³-hybridized carbons (Fsp3) is 0.905. The van der Waals surface area contributed by atoms with Crippen molar-refractivity contribution in [1.82, 2.24) is 10.6 Å². The smallest absolute Gasteiger partial charge is 0.246 e. The minimum Gasteiger partial charge on any atom is -0.368 e. The summed E-state index contributed by atoms with van der Waals surface area (Å²) in [5.74, 6) is -0.0843. The molecule has 5 saturated carbocycles. The second-order valence-corrected chi connectivity index (χ2v) is 11.0. The quantitative estimate of drug-likeness (QED) is 0.565. The number of alkyl halides is 4. The third kappa shape index (κ3) is 4.58. The van der Waals surface area contributed by atoms with E-state index in [2.05, 4.69) is 10.6 Å². The van der Waals surface area contributed by atoms with Gasteiger partial charge in [0.25, 0.3) is 0 Å². The van der Waals surface area contributed by atoms with Crippen LogP contribution in [-0.4, -0.2) is 59.7 Å². The van der Waals surface area contributed by atoms with E-state index in [0.29, 0.717) is 51.5 Å². The van der Waals surface area contributed by atoms with Crippen LogP contribution in [0.25, 0.3) is 0 Å². The van der Waals surface area contributed by atoms with Gasteiger partial charge in [0.2, 0.25) is 11.8 Å². The van der Waals surface area contributed by atoms with E-state index in [0.717, 1.165) is 6.42 Å². The lowest BCUT2D eigenvalue weighted by Gasteiger charge is -2.69. The molecule has 5 aliphatic carbocycles. The molecule has 6 atom stereocenters. The predicted molar refractivity (Wildman–Crippen MR) is 110 cm³/mol. The molecule has 0 aromatic heterocycles. The molecule has 0 aromatic rings. The zero-order valence-electron chi connectivity index (χ0n) is 17.0. The monoisotopic (exact) mass is 466 g/mol. The number of halogens is 4. The maximum Gasteiger partial charge on any atom is 0.246 e. The number of hydrogen-bond donors (Lipinski definition) is 2. The van der Waals surface area contributed by atoms with Gasteiger partial charge in [-0.05, 0) is 57.3 Å². The maximum absolute atomic E-state index is 13.7. The van der Waals surface area contributed by atoms with E-state index in [1.807, 2.05) is 0 Å². The van der Waals surface area contributed by atoms with Gasteiger partial charge < -0.3 is 15.4 Å². The first-order valence-electron chi connectivity index (χ1n) is 11.0. The molecule has 0 aromatic carbocycles. The van der Waals surface area contributed by atoms with E-state index in [9.17, 15) is 18.4 Å². The molecule has 0 radical (unpaired) electrons. The molecule has 2 N–H and O–H groups in total. The van der Waals surface area contributed by atoms with Gasteiger partial charge in [-0.15, -0.1) is 23.2 Å². The molecule has 5 nitrogen and oxygen atoms in total. The number of nitrogens with one attached hydrogen (secondary N) is 2. The Morgan fingerprint density at radius 3 is 2.23 bits per heavy atom. The SMILES string of the molecule is O=C(COC1CCC(Cl)C(F)C1)NC12CC(C(=O)NCC3CCC(Cl)C(F)C3)(C1)C2. The average molecular weight is 467 g/mol. The van der Waals surface area contributed by atoms with Crippen LogP contribution in [0, 0.1) is 11.3 Å². The zero-order valence-corrected chi connectivity index (χ0v) is 18.5. The molecule has 2 bridgehead atoms.